The first-order valence-electron chi connectivity index (χ1n) is 5.69. The summed E-state index contributed by atoms with van der Waals surface area (Å²) in [6.07, 6.45) is 7.07. The first-order chi connectivity index (χ1) is 6.27. The molecule has 1 saturated heterocycles. The summed E-state index contributed by atoms with van der Waals surface area (Å²) in [7, 11) is 0. The van der Waals surface area contributed by atoms with Crippen molar-refractivity contribution in [2.24, 2.45) is 5.92 Å². The van der Waals surface area contributed by atoms with Gasteiger partial charge in [0.25, 0.3) is 0 Å². The fourth-order valence-electron chi connectivity index (χ4n) is 2.74. The van der Waals surface area contributed by atoms with Gasteiger partial charge < -0.3 is 5.11 Å². The van der Waals surface area contributed by atoms with Gasteiger partial charge in [0.1, 0.15) is 0 Å². The first-order valence-corrected chi connectivity index (χ1v) is 5.69. The van der Waals surface area contributed by atoms with Gasteiger partial charge in [-0.15, -0.1) is 0 Å². The number of likely N-dealkylation sites (tertiary alicyclic amines) is 1. The second-order valence-corrected chi connectivity index (χ2v) is 4.75. The predicted octanol–water partition coefficient (Wildman–Crippen LogP) is 1.63. The third kappa shape index (κ3) is 2.05. The average molecular weight is 183 g/mol. The van der Waals surface area contributed by atoms with Crippen LogP contribution in [0, 0.1) is 5.92 Å². The molecule has 0 aromatic heterocycles. The van der Waals surface area contributed by atoms with Crippen LogP contribution in [0.1, 0.15) is 39.0 Å². The Balaban J connectivity index is 1.78. The minimum Gasteiger partial charge on any atom is -0.390 e. The molecule has 2 rings (SSSR count). The minimum absolute atomic E-state index is 0.0361. The Morgan fingerprint density at radius 3 is 2.31 bits per heavy atom. The van der Waals surface area contributed by atoms with Crippen LogP contribution < -0.4 is 0 Å². The topological polar surface area (TPSA) is 23.5 Å². The number of aliphatic hydroxyl groups excluding tert-OH is 1. The molecule has 0 aromatic carbocycles. The van der Waals surface area contributed by atoms with Gasteiger partial charge in [0.05, 0.1) is 6.10 Å². The Morgan fingerprint density at radius 2 is 1.77 bits per heavy atom. The summed E-state index contributed by atoms with van der Waals surface area (Å²) < 4.78 is 0. The zero-order valence-corrected chi connectivity index (χ0v) is 8.58. The molecule has 0 unspecified atom stereocenters. The molecule has 0 bridgehead atoms. The highest BCUT2D eigenvalue weighted by molar-refractivity contribution is 4.87. The molecule has 1 atom stereocenters. The van der Waals surface area contributed by atoms with Gasteiger partial charge in [0.15, 0.2) is 0 Å². The molecule has 76 valence electrons. The van der Waals surface area contributed by atoms with E-state index in [4.69, 9.17) is 0 Å². The highest BCUT2D eigenvalue weighted by Gasteiger charge is 2.32. The molecule has 1 aliphatic carbocycles. The molecule has 13 heavy (non-hydrogen) atoms. The standard InChI is InChI=1S/C11H21NO/c1-9(12-7-11(13)8-12)10-5-3-2-4-6-10/h9-11,13H,2-8H2,1H3/t9-/m0/s1. The van der Waals surface area contributed by atoms with Gasteiger partial charge >= 0.3 is 0 Å². The highest BCUT2D eigenvalue weighted by Crippen LogP contribution is 2.30. The molecule has 1 aliphatic heterocycles. The molecular formula is C11H21NO. The van der Waals surface area contributed by atoms with Gasteiger partial charge in [-0.3, -0.25) is 4.90 Å². The van der Waals surface area contributed by atoms with Crippen molar-refractivity contribution in [3.8, 4) is 0 Å². The third-order valence-corrected chi connectivity index (χ3v) is 3.80. The van der Waals surface area contributed by atoms with Crippen molar-refractivity contribution in [3.63, 3.8) is 0 Å². The monoisotopic (exact) mass is 183 g/mol. The van der Waals surface area contributed by atoms with Gasteiger partial charge in [-0.1, -0.05) is 19.3 Å². The third-order valence-electron chi connectivity index (χ3n) is 3.80. The quantitative estimate of drug-likeness (QED) is 0.703. The molecular weight excluding hydrogens is 162 g/mol. The summed E-state index contributed by atoms with van der Waals surface area (Å²) in [6.45, 7) is 4.16. The van der Waals surface area contributed by atoms with E-state index in [0.717, 1.165) is 19.0 Å². The molecule has 1 heterocycles. The van der Waals surface area contributed by atoms with E-state index in [2.05, 4.69) is 11.8 Å². The molecule has 0 spiro atoms. The van der Waals surface area contributed by atoms with Crippen LogP contribution in [0.5, 0.6) is 0 Å². The summed E-state index contributed by atoms with van der Waals surface area (Å²) >= 11 is 0. The van der Waals surface area contributed by atoms with E-state index in [-0.39, 0.29) is 6.10 Å². The Labute approximate surface area is 80.9 Å². The van der Waals surface area contributed by atoms with E-state index in [9.17, 15) is 5.11 Å². The van der Waals surface area contributed by atoms with Crippen molar-refractivity contribution in [1.82, 2.24) is 4.90 Å². The molecule has 2 aliphatic rings. The van der Waals surface area contributed by atoms with Crippen molar-refractivity contribution < 1.29 is 5.11 Å². The van der Waals surface area contributed by atoms with Crippen LogP contribution >= 0.6 is 0 Å². The van der Waals surface area contributed by atoms with Crippen LogP contribution in [0.4, 0.5) is 0 Å². The number of hydrogen-bond acceptors (Lipinski definition) is 2. The number of nitrogens with zero attached hydrogens (tertiary/aromatic N) is 1. The summed E-state index contributed by atoms with van der Waals surface area (Å²) in [4.78, 5) is 2.43. The van der Waals surface area contributed by atoms with E-state index in [1.54, 1.807) is 0 Å². The summed E-state index contributed by atoms with van der Waals surface area (Å²) in [5.74, 6) is 0.904. The summed E-state index contributed by atoms with van der Waals surface area (Å²) in [6, 6.07) is 0.712. The van der Waals surface area contributed by atoms with Gasteiger partial charge in [-0.2, -0.15) is 0 Å². The zero-order valence-electron chi connectivity index (χ0n) is 8.58. The van der Waals surface area contributed by atoms with Crippen molar-refractivity contribution in [2.45, 2.75) is 51.2 Å². The largest absolute Gasteiger partial charge is 0.390 e. The van der Waals surface area contributed by atoms with E-state index >= 15 is 0 Å². The van der Waals surface area contributed by atoms with Crippen molar-refractivity contribution in [1.29, 1.82) is 0 Å². The summed E-state index contributed by atoms with van der Waals surface area (Å²) in [5.41, 5.74) is 0. The van der Waals surface area contributed by atoms with Gasteiger partial charge in [0, 0.05) is 19.1 Å². The van der Waals surface area contributed by atoms with Gasteiger partial charge in [0.2, 0.25) is 0 Å². The maximum Gasteiger partial charge on any atom is 0.0794 e. The minimum atomic E-state index is -0.0361. The molecule has 0 radical (unpaired) electrons. The molecule has 2 heteroatoms. The second kappa shape index (κ2) is 3.97. The lowest BCUT2D eigenvalue weighted by Gasteiger charge is -2.44. The van der Waals surface area contributed by atoms with Crippen LogP contribution in [-0.4, -0.2) is 35.2 Å². The summed E-state index contributed by atoms with van der Waals surface area (Å²) in [5, 5.41) is 9.22. The highest BCUT2D eigenvalue weighted by atomic mass is 16.3. The Kier molecular flexibility index (Phi) is 2.89. The van der Waals surface area contributed by atoms with Gasteiger partial charge in [-0.05, 0) is 25.7 Å². The predicted molar refractivity (Wildman–Crippen MR) is 53.6 cm³/mol. The number of β-amino-alcohol motifs (C(OH)–C–C–N with tert-alkyl or cyclic N) is 1. The van der Waals surface area contributed by atoms with Crippen molar-refractivity contribution in [2.75, 3.05) is 13.1 Å². The lowest BCUT2D eigenvalue weighted by Crippen LogP contribution is -2.56. The van der Waals surface area contributed by atoms with E-state index in [1.165, 1.54) is 32.1 Å². The number of aliphatic hydroxyl groups is 1. The van der Waals surface area contributed by atoms with Crippen LogP contribution in [0.15, 0.2) is 0 Å². The average Bonchev–Trinajstić information content (AvgIpc) is 2.13. The van der Waals surface area contributed by atoms with E-state index in [0.29, 0.717) is 6.04 Å². The fraction of sp³-hybridized carbons (Fsp3) is 1.00. The Hall–Kier alpha value is -0.0800. The smallest absolute Gasteiger partial charge is 0.0794 e. The lowest BCUT2D eigenvalue weighted by atomic mass is 9.83. The maximum absolute atomic E-state index is 9.22. The SMILES string of the molecule is C[C@@H](C1CCCCC1)N1CC(O)C1. The maximum atomic E-state index is 9.22. The Bertz CT molecular complexity index is 159. The molecule has 1 saturated carbocycles. The second-order valence-electron chi connectivity index (χ2n) is 4.75. The van der Waals surface area contributed by atoms with Crippen LogP contribution in [-0.2, 0) is 0 Å². The lowest BCUT2D eigenvalue weighted by molar-refractivity contribution is -0.0386. The normalized spacial score (nSPS) is 30.0. The van der Waals surface area contributed by atoms with Crippen LogP contribution in [0.3, 0.4) is 0 Å². The Morgan fingerprint density at radius 1 is 1.15 bits per heavy atom. The molecule has 0 aromatic rings. The molecule has 1 N–H and O–H groups in total. The van der Waals surface area contributed by atoms with E-state index in [1.807, 2.05) is 0 Å². The van der Waals surface area contributed by atoms with Crippen LogP contribution in [0.2, 0.25) is 0 Å². The van der Waals surface area contributed by atoms with Crippen molar-refractivity contribution >= 4 is 0 Å². The molecule has 0 amide bonds. The van der Waals surface area contributed by atoms with Crippen LogP contribution in [0.25, 0.3) is 0 Å². The number of rotatable bonds is 2. The first kappa shape index (κ1) is 9.47. The van der Waals surface area contributed by atoms with Gasteiger partial charge in [-0.25, -0.2) is 0 Å². The number of hydrogen-bond donors (Lipinski definition) is 1. The van der Waals surface area contributed by atoms with Crippen molar-refractivity contribution in [3.05, 3.63) is 0 Å². The fourth-order valence-corrected chi connectivity index (χ4v) is 2.74. The molecule has 2 nitrogen and oxygen atoms in total. The zero-order chi connectivity index (χ0) is 9.26. The molecule has 2 fully saturated rings. The van der Waals surface area contributed by atoms with E-state index < -0.39 is 0 Å².